The van der Waals surface area contributed by atoms with Gasteiger partial charge in [0.25, 0.3) is 5.91 Å². The summed E-state index contributed by atoms with van der Waals surface area (Å²) in [6, 6.07) is 7.74. The molecule has 0 aromatic heterocycles. The Labute approximate surface area is 175 Å². The van der Waals surface area contributed by atoms with E-state index in [9.17, 15) is 4.79 Å². The number of amides is 1. The third-order valence-corrected chi connectivity index (χ3v) is 8.35. The number of piperidine rings is 2. The van der Waals surface area contributed by atoms with E-state index in [4.69, 9.17) is 4.74 Å². The zero-order valence-corrected chi connectivity index (χ0v) is 18.0. The Kier molecular flexibility index (Phi) is 5.42. The van der Waals surface area contributed by atoms with Crippen LogP contribution in [0.3, 0.4) is 0 Å². The maximum absolute atomic E-state index is 12.6. The number of ether oxygens (including phenoxy) is 1. The van der Waals surface area contributed by atoms with Gasteiger partial charge >= 0.3 is 0 Å². The molecule has 29 heavy (non-hydrogen) atoms. The molecule has 1 aromatic rings. The van der Waals surface area contributed by atoms with Crippen LogP contribution in [0.1, 0.15) is 74.6 Å². The summed E-state index contributed by atoms with van der Waals surface area (Å²) < 4.78 is 5.62. The zero-order chi connectivity index (χ0) is 19.8. The van der Waals surface area contributed by atoms with Crippen molar-refractivity contribution in [3.63, 3.8) is 0 Å². The summed E-state index contributed by atoms with van der Waals surface area (Å²) in [5.74, 6) is 0.250. The molecule has 1 unspecified atom stereocenters. The molecule has 1 spiro atoms. The molecule has 3 fully saturated rings. The number of carbonyl (C=O) groups excluding carboxylic acids is 1. The third-order valence-electron chi connectivity index (χ3n) is 8.35. The van der Waals surface area contributed by atoms with Crippen LogP contribution in [0.25, 0.3) is 0 Å². The Morgan fingerprint density at radius 1 is 1.03 bits per heavy atom. The smallest absolute Gasteiger partial charge is 0.251 e. The van der Waals surface area contributed by atoms with Crippen molar-refractivity contribution in [1.82, 2.24) is 9.80 Å². The van der Waals surface area contributed by atoms with Gasteiger partial charge in [0.05, 0.1) is 0 Å². The van der Waals surface area contributed by atoms with Gasteiger partial charge < -0.3 is 9.64 Å². The lowest BCUT2D eigenvalue weighted by molar-refractivity contribution is -0.143. The molecule has 158 valence electrons. The molecule has 0 saturated carbocycles. The summed E-state index contributed by atoms with van der Waals surface area (Å²) in [5, 5.41) is 0. The standard InChI is InChI=1S/C25H36N2O2/c1-19(21-8-7-20-4-2-5-22(20)18-21)26-13-9-25(10-14-26)11-15-27(16-12-25)24(28)23-6-3-17-29-23/h7-8,18-19,23H,2-6,9-17H2,1H3/t19?,23-/m1/s1. The molecule has 1 amide bonds. The van der Waals surface area contributed by atoms with E-state index in [0.29, 0.717) is 11.5 Å². The fourth-order valence-corrected chi connectivity index (χ4v) is 6.13. The first kappa shape index (κ1) is 19.6. The van der Waals surface area contributed by atoms with E-state index < -0.39 is 0 Å². The van der Waals surface area contributed by atoms with Crippen molar-refractivity contribution in [3.05, 3.63) is 34.9 Å². The molecule has 3 aliphatic heterocycles. The fraction of sp³-hybridized carbons (Fsp3) is 0.720. The van der Waals surface area contributed by atoms with Crippen molar-refractivity contribution in [2.24, 2.45) is 5.41 Å². The minimum Gasteiger partial charge on any atom is -0.368 e. The van der Waals surface area contributed by atoms with Gasteiger partial charge in [-0.1, -0.05) is 18.2 Å². The summed E-state index contributed by atoms with van der Waals surface area (Å²) in [6.07, 6.45) is 10.6. The van der Waals surface area contributed by atoms with Crippen molar-refractivity contribution in [1.29, 1.82) is 0 Å². The van der Waals surface area contributed by atoms with Crippen molar-refractivity contribution >= 4 is 5.91 Å². The Bertz CT molecular complexity index is 737. The van der Waals surface area contributed by atoms with E-state index in [-0.39, 0.29) is 12.0 Å². The van der Waals surface area contributed by atoms with Gasteiger partial charge in [-0.05, 0) is 99.9 Å². The highest BCUT2D eigenvalue weighted by Crippen LogP contribution is 2.43. The minimum atomic E-state index is -0.154. The van der Waals surface area contributed by atoms with E-state index in [1.165, 1.54) is 63.6 Å². The number of hydrogen-bond donors (Lipinski definition) is 0. The summed E-state index contributed by atoms with van der Waals surface area (Å²) in [6.45, 7) is 7.39. The summed E-state index contributed by atoms with van der Waals surface area (Å²) in [4.78, 5) is 17.4. The van der Waals surface area contributed by atoms with Crippen LogP contribution in [-0.4, -0.2) is 54.6 Å². The van der Waals surface area contributed by atoms with Crippen LogP contribution in [-0.2, 0) is 22.4 Å². The van der Waals surface area contributed by atoms with Gasteiger partial charge in [0, 0.05) is 25.7 Å². The largest absolute Gasteiger partial charge is 0.368 e. The van der Waals surface area contributed by atoms with Crippen LogP contribution >= 0.6 is 0 Å². The first-order chi connectivity index (χ1) is 14.1. The Morgan fingerprint density at radius 2 is 1.76 bits per heavy atom. The highest BCUT2D eigenvalue weighted by Gasteiger charge is 2.40. The van der Waals surface area contributed by atoms with Crippen molar-refractivity contribution in [2.45, 2.75) is 76.9 Å². The molecule has 4 heteroatoms. The molecule has 4 nitrogen and oxygen atoms in total. The highest BCUT2D eigenvalue weighted by molar-refractivity contribution is 5.81. The number of rotatable bonds is 3. The van der Waals surface area contributed by atoms with Gasteiger partial charge in [0.15, 0.2) is 0 Å². The quantitative estimate of drug-likeness (QED) is 0.770. The molecule has 5 rings (SSSR count). The first-order valence-electron chi connectivity index (χ1n) is 11.9. The van der Waals surface area contributed by atoms with Crippen LogP contribution in [0.15, 0.2) is 18.2 Å². The Morgan fingerprint density at radius 3 is 2.48 bits per heavy atom. The maximum Gasteiger partial charge on any atom is 0.251 e. The van der Waals surface area contributed by atoms with Crippen molar-refractivity contribution in [2.75, 3.05) is 32.8 Å². The van der Waals surface area contributed by atoms with Gasteiger partial charge in [-0.25, -0.2) is 0 Å². The second kappa shape index (κ2) is 8.03. The van der Waals surface area contributed by atoms with Gasteiger partial charge in [-0.2, -0.15) is 0 Å². The van der Waals surface area contributed by atoms with Crippen LogP contribution in [0.4, 0.5) is 0 Å². The summed E-state index contributed by atoms with van der Waals surface area (Å²) >= 11 is 0. The fourth-order valence-electron chi connectivity index (χ4n) is 6.13. The predicted molar refractivity (Wildman–Crippen MR) is 115 cm³/mol. The first-order valence-corrected chi connectivity index (χ1v) is 11.9. The van der Waals surface area contributed by atoms with E-state index in [1.54, 1.807) is 11.1 Å². The van der Waals surface area contributed by atoms with E-state index >= 15 is 0 Å². The Balaban J connectivity index is 1.15. The number of nitrogens with zero attached hydrogens (tertiary/aromatic N) is 2. The molecule has 0 radical (unpaired) electrons. The average Bonchev–Trinajstić information content (AvgIpc) is 3.45. The third kappa shape index (κ3) is 3.86. The minimum absolute atomic E-state index is 0.154. The molecule has 1 aliphatic carbocycles. The maximum atomic E-state index is 12.6. The molecule has 3 heterocycles. The zero-order valence-electron chi connectivity index (χ0n) is 18.0. The van der Waals surface area contributed by atoms with Crippen molar-refractivity contribution in [3.8, 4) is 0 Å². The summed E-state index contributed by atoms with van der Waals surface area (Å²) in [5.41, 5.74) is 5.12. The highest BCUT2D eigenvalue weighted by atomic mass is 16.5. The van der Waals surface area contributed by atoms with Crippen LogP contribution < -0.4 is 0 Å². The second-order valence-electron chi connectivity index (χ2n) is 9.92. The molecule has 3 saturated heterocycles. The number of carbonyl (C=O) groups is 1. The van der Waals surface area contributed by atoms with E-state index in [0.717, 1.165) is 32.5 Å². The average molecular weight is 397 g/mol. The Hall–Kier alpha value is -1.39. The number of likely N-dealkylation sites (tertiary alicyclic amines) is 2. The van der Waals surface area contributed by atoms with Gasteiger partial charge in [-0.3, -0.25) is 9.69 Å². The lowest BCUT2D eigenvalue weighted by Crippen LogP contribution is -2.50. The van der Waals surface area contributed by atoms with Gasteiger partial charge in [-0.15, -0.1) is 0 Å². The molecule has 2 atom stereocenters. The molecular formula is C25H36N2O2. The second-order valence-corrected chi connectivity index (χ2v) is 9.92. The SMILES string of the molecule is CC(c1ccc2c(c1)CCC2)N1CCC2(CCN(C(=O)[C@H]3CCCO3)CC2)CC1. The molecule has 1 aromatic carbocycles. The van der Waals surface area contributed by atoms with Gasteiger partial charge in [0.1, 0.15) is 6.10 Å². The monoisotopic (exact) mass is 396 g/mol. The molecular weight excluding hydrogens is 360 g/mol. The lowest BCUT2D eigenvalue weighted by atomic mass is 9.71. The molecule has 0 N–H and O–H groups in total. The number of fused-ring (bicyclic) bond motifs is 1. The molecule has 4 aliphatic rings. The number of benzene rings is 1. The van der Waals surface area contributed by atoms with E-state index in [2.05, 4.69) is 34.9 Å². The van der Waals surface area contributed by atoms with Crippen molar-refractivity contribution < 1.29 is 9.53 Å². The van der Waals surface area contributed by atoms with Crippen LogP contribution in [0, 0.1) is 5.41 Å². The van der Waals surface area contributed by atoms with Crippen LogP contribution in [0.5, 0.6) is 0 Å². The predicted octanol–water partition coefficient (Wildman–Crippen LogP) is 4.12. The van der Waals surface area contributed by atoms with E-state index in [1.807, 2.05) is 0 Å². The van der Waals surface area contributed by atoms with Gasteiger partial charge in [0.2, 0.25) is 0 Å². The number of aryl methyl sites for hydroxylation is 2. The molecule has 0 bridgehead atoms. The normalized spacial score (nSPS) is 27.9. The number of hydrogen-bond acceptors (Lipinski definition) is 3. The summed E-state index contributed by atoms with van der Waals surface area (Å²) in [7, 11) is 0. The topological polar surface area (TPSA) is 32.8 Å². The van der Waals surface area contributed by atoms with Crippen LogP contribution in [0.2, 0.25) is 0 Å². The lowest BCUT2D eigenvalue weighted by Gasteiger charge is -2.48.